The Kier molecular flexibility index (Phi) is 6.35. The van der Waals surface area contributed by atoms with E-state index in [1.807, 2.05) is 0 Å². The topological polar surface area (TPSA) is 106 Å². The van der Waals surface area contributed by atoms with Crippen LogP contribution in [-0.2, 0) is 14.8 Å². The molecule has 10 heteroatoms. The molecule has 2 heterocycles. The number of ketones is 1. The second-order valence-electron chi connectivity index (χ2n) is 6.86. The van der Waals surface area contributed by atoms with Gasteiger partial charge in [0.25, 0.3) is 0 Å². The Morgan fingerprint density at radius 2 is 1.97 bits per heavy atom. The molecule has 3 rings (SSSR count). The number of rotatable bonds is 6. The second-order valence-corrected chi connectivity index (χ2v) is 9.79. The molecule has 2 aromatic rings. The van der Waals surface area contributed by atoms with Crippen LogP contribution in [0.1, 0.15) is 35.1 Å². The summed E-state index contributed by atoms with van der Waals surface area (Å²) in [4.78, 5) is 29.2. The standard InChI is InChI=1S/C19H23N3O5S2/c1-12-17(13(2)23)28-19(20-12)21-18(24)14-5-4-10-22(11-14)29(25,26)16-8-6-15(27-3)7-9-16/h6-9,14H,4-5,10-11H2,1-3H3,(H,20,21,24). The number of sulfonamides is 1. The largest absolute Gasteiger partial charge is 0.497 e. The molecule has 0 aliphatic carbocycles. The number of anilines is 1. The molecule has 0 saturated carbocycles. The highest BCUT2D eigenvalue weighted by Gasteiger charge is 2.33. The predicted octanol–water partition coefficient (Wildman–Crippen LogP) is 2.70. The fourth-order valence-electron chi connectivity index (χ4n) is 3.26. The van der Waals surface area contributed by atoms with Crippen molar-refractivity contribution in [2.75, 3.05) is 25.5 Å². The molecule has 1 amide bonds. The molecule has 1 N–H and O–H groups in total. The van der Waals surface area contributed by atoms with Crippen molar-refractivity contribution in [3.8, 4) is 5.75 Å². The number of carbonyl (C=O) groups excluding carboxylic acids is 2. The zero-order chi connectivity index (χ0) is 21.2. The van der Waals surface area contributed by atoms with Crippen LogP contribution in [-0.4, -0.2) is 49.6 Å². The lowest BCUT2D eigenvalue weighted by atomic mass is 9.99. The minimum absolute atomic E-state index is 0.101. The van der Waals surface area contributed by atoms with Crippen LogP contribution in [0, 0.1) is 12.8 Å². The van der Waals surface area contributed by atoms with Gasteiger partial charge in [0, 0.05) is 20.0 Å². The summed E-state index contributed by atoms with van der Waals surface area (Å²) in [5.74, 6) is -0.302. The molecule has 1 saturated heterocycles. The summed E-state index contributed by atoms with van der Waals surface area (Å²) in [5, 5.41) is 3.09. The van der Waals surface area contributed by atoms with E-state index in [-0.39, 0.29) is 23.1 Å². The van der Waals surface area contributed by atoms with Gasteiger partial charge in [-0.15, -0.1) is 0 Å². The maximum atomic E-state index is 12.9. The third-order valence-corrected chi connectivity index (χ3v) is 7.85. The third-order valence-electron chi connectivity index (χ3n) is 4.80. The summed E-state index contributed by atoms with van der Waals surface area (Å²) in [7, 11) is -2.19. The van der Waals surface area contributed by atoms with Gasteiger partial charge in [-0.05, 0) is 44.0 Å². The number of amides is 1. The van der Waals surface area contributed by atoms with Gasteiger partial charge in [-0.2, -0.15) is 4.31 Å². The number of nitrogens with one attached hydrogen (secondary N) is 1. The first-order valence-corrected chi connectivity index (χ1v) is 11.4. The molecule has 8 nitrogen and oxygen atoms in total. The number of hydrogen-bond acceptors (Lipinski definition) is 7. The average Bonchev–Trinajstić information content (AvgIpc) is 3.08. The number of benzene rings is 1. The van der Waals surface area contributed by atoms with Gasteiger partial charge in [0.1, 0.15) is 5.75 Å². The lowest BCUT2D eigenvalue weighted by Crippen LogP contribution is -2.43. The Hall–Kier alpha value is -2.30. The lowest BCUT2D eigenvalue weighted by Gasteiger charge is -2.31. The first kappa shape index (κ1) is 21.4. The highest BCUT2D eigenvalue weighted by Crippen LogP contribution is 2.27. The number of thiazole rings is 1. The van der Waals surface area contributed by atoms with Crippen molar-refractivity contribution in [2.45, 2.75) is 31.6 Å². The number of aromatic nitrogens is 1. The van der Waals surface area contributed by atoms with Crippen molar-refractivity contribution in [3.63, 3.8) is 0 Å². The Labute approximate surface area is 173 Å². The molecule has 1 aromatic carbocycles. The van der Waals surface area contributed by atoms with E-state index in [0.29, 0.717) is 40.8 Å². The summed E-state index contributed by atoms with van der Waals surface area (Å²) in [6.45, 7) is 3.63. The van der Waals surface area contributed by atoms with Gasteiger partial charge in [0.05, 0.1) is 28.5 Å². The molecule has 1 fully saturated rings. The SMILES string of the molecule is COc1ccc(S(=O)(=O)N2CCCC(C(=O)Nc3nc(C)c(C(C)=O)s3)C2)cc1. The number of aryl methyl sites for hydroxylation is 1. The summed E-state index contributed by atoms with van der Waals surface area (Å²) >= 11 is 1.13. The average molecular weight is 438 g/mol. The van der Waals surface area contributed by atoms with Crippen molar-refractivity contribution in [3.05, 3.63) is 34.8 Å². The van der Waals surface area contributed by atoms with Crippen LogP contribution in [0.5, 0.6) is 5.75 Å². The second kappa shape index (κ2) is 8.60. The number of Topliss-reactive ketones (excluding diaryl/α,β-unsaturated/α-hetero) is 1. The predicted molar refractivity (Wildman–Crippen MR) is 110 cm³/mol. The number of ether oxygens (including phenoxy) is 1. The van der Waals surface area contributed by atoms with Crippen molar-refractivity contribution in [1.82, 2.24) is 9.29 Å². The van der Waals surface area contributed by atoms with Crippen LogP contribution in [0.2, 0.25) is 0 Å². The number of methoxy groups -OCH3 is 1. The minimum atomic E-state index is -3.70. The fourth-order valence-corrected chi connectivity index (χ4v) is 5.64. The molecule has 0 spiro atoms. The van der Waals surface area contributed by atoms with Crippen LogP contribution in [0.25, 0.3) is 0 Å². The molecule has 1 aliphatic heterocycles. The van der Waals surface area contributed by atoms with E-state index < -0.39 is 15.9 Å². The third kappa shape index (κ3) is 4.65. The number of nitrogens with zero attached hydrogens (tertiary/aromatic N) is 2. The van der Waals surface area contributed by atoms with Crippen molar-refractivity contribution in [2.24, 2.45) is 5.92 Å². The Morgan fingerprint density at radius 1 is 1.28 bits per heavy atom. The van der Waals surface area contributed by atoms with Gasteiger partial charge in [0.2, 0.25) is 15.9 Å². The molecular weight excluding hydrogens is 414 g/mol. The van der Waals surface area contributed by atoms with E-state index in [1.165, 1.54) is 30.5 Å². The Bertz CT molecular complexity index is 1010. The van der Waals surface area contributed by atoms with Crippen LogP contribution in [0.4, 0.5) is 5.13 Å². The normalized spacial score (nSPS) is 17.7. The van der Waals surface area contributed by atoms with Gasteiger partial charge in [-0.25, -0.2) is 13.4 Å². The maximum absolute atomic E-state index is 12.9. The number of piperidine rings is 1. The van der Waals surface area contributed by atoms with Crippen LogP contribution >= 0.6 is 11.3 Å². The first-order chi connectivity index (χ1) is 13.7. The fraction of sp³-hybridized carbons (Fsp3) is 0.421. The van der Waals surface area contributed by atoms with E-state index in [4.69, 9.17) is 4.74 Å². The quantitative estimate of drug-likeness (QED) is 0.697. The molecule has 1 aliphatic rings. The van der Waals surface area contributed by atoms with Gasteiger partial charge < -0.3 is 10.1 Å². The van der Waals surface area contributed by atoms with E-state index in [9.17, 15) is 18.0 Å². The van der Waals surface area contributed by atoms with Crippen LogP contribution < -0.4 is 10.1 Å². The summed E-state index contributed by atoms with van der Waals surface area (Å²) in [5.41, 5.74) is 0.574. The summed E-state index contributed by atoms with van der Waals surface area (Å²) in [6, 6.07) is 6.19. The van der Waals surface area contributed by atoms with Gasteiger partial charge in [0.15, 0.2) is 10.9 Å². The first-order valence-electron chi connectivity index (χ1n) is 9.16. The van der Waals surface area contributed by atoms with E-state index >= 15 is 0 Å². The maximum Gasteiger partial charge on any atom is 0.243 e. The lowest BCUT2D eigenvalue weighted by molar-refractivity contribution is -0.120. The van der Waals surface area contributed by atoms with E-state index in [0.717, 1.165) is 11.3 Å². The molecule has 29 heavy (non-hydrogen) atoms. The molecule has 0 bridgehead atoms. The zero-order valence-electron chi connectivity index (χ0n) is 16.5. The van der Waals surface area contributed by atoms with Gasteiger partial charge in [-0.1, -0.05) is 11.3 Å². The Morgan fingerprint density at radius 3 is 2.55 bits per heavy atom. The zero-order valence-corrected chi connectivity index (χ0v) is 18.1. The van der Waals surface area contributed by atoms with Crippen LogP contribution in [0.15, 0.2) is 29.2 Å². The molecule has 1 unspecified atom stereocenters. The number of carbonyl (C=O) groups is 2. The molecule has 156 valence electrons. The molecule has 0 radical (unpaired) electrons. The smallest absolute Gasteiger partial charge is 0.243 e. The minimum Gasteiger partial charge on any atom is -0.497 e. The van der Waals surface area contributed by atoms with Gasteiger partial charge in [-0.3, -0.25) is 9.59 Å². The summed E-state index contributed by atoms with van der Waals surface area (Å²) < 4.78 is 32.3. The highest BCUT2D eigenvalue weighted by molar-refractivity contribution is 7.89. The molecule has 1 atom stereocenters. The molecule has 1 aromatic heterocycles. The molecular formula is C19H23N3O5S2. The van der Waals surface area contributed by atoms with Crippen molar-refractivity contribution >= 4 is 38.2 Å². The highest BCUT2D eigenvalue weighted by atomic mass is 32.2. The van der Waals surface area contributed by atoms with Crippen LogP contribution in [0.3, 0.4) is 0 Å². The van der Waals surface area contributed by atoms with Crippen molar-refractivity contribution < 1.29 is 22.7 Å². The monoisotopic (exact) mass is 437 g/mol. The van der Waals surface area contributed by atoms with Crippen molar-refractivity contribution in [1.29, 1.82) is 0 Å². The number of hydrogen-bond donors (Lipinski definition) is 1. The van der Waals surface area contributed by atoms with Gasteiger partial charge >= 0.3 is 0 Å². The Balaban J connectivity index is 1.71. The van der Waals surface area contributed by atoms with E-state index in [1.54, 1.807) is 19.1 Å². The van der Waals surface area contributed by atoms with E-state index in [2.05, 4.69) is 10.3 Å². The summed E-state index contributed by atoms with van der Waals surface area (Å²) in [6.07, 6.45) is 1.17.